The zero-order valence-electron chi connectivity index (χ0n) is 13.9. The van der Waals surface area contributed by atoms with Gasteiger partial charge in [-0.05, 0) is 26.0 Å². The number of morpholine rings is 1. The zero-order chi connectivity index (χ0) is 17.1. The summed E-state index contributed by atoms with van der Waals surface area (Å²) in [5.41, 5.74) is 0.513. The van der Waals surface area contributed by atoms with E-state index in [0.717, 1.165) is 0 Å². The molecule has 1 fully saturated rings. The van der Waals surface area contributed by atoms with E-state index in [0.29, 0.717) is 18.7 Å². The number of hydrogen-bond donors (Lipinski definition) is 2. The predicted molar refractivity (Wildman–Crippen MR) is 90.7 cm³/mol. The van der Waals surface area contributed by atoms with Crippen LogP contribution in [0.4, 0.5) is 4.39 Å². The lowest BCUT2D eigenvalue weighted by Gasteiger charge is -2.29. The number of benzene rings is 1. The number of hydrogen-bond acceptors (Lipinski definition) is 6. The van der Waals surface area contributed by atoms with Gasteiger partial charge in [0.05, 0.1) is 12.7 Å². The Kier molecular flexibility index (Phi) is 6.46. The van der Waals surface area contributed by atoms with Gasteiger partial charge < -0.3 is 19.9 Å². The molecule has 9 heteroatoms. The lowest BCUT2D eigenvalue weighted by molar-refractivity contribution is -0.129. The molecule has 1 amide bonds. The molecule has 0 spiro atoms. The summed E-state index contributed by atoms with van der Waals surface area (Å²) in [6, 6.07) is 5.03. The molecule has 2 aromatic rings. The Hall–Kier alpha value is -2.03. The van der Waals surface area contributed by atoms with Crippen LogP contribution in [0.3, 0.4) is 0 Å². The molecule has 2 N–H and O–H groups in total. The molecule has 1 aromatic carbocycles. The van der Waals surface area contributed by atoms with E-state index in [-0.39, 0.29) is 42.0 Å². The topological polar surface area (TPSA) is 89.3 Å². The number of amides is 1. The number of carbonyl (C=O) groups is 1. The second kappa shape index (κ2) is 8.37. The summed E-state index contributed by atoms with van der Waals surface area (Å²) >= 11 is 0. The van der Waals surface area contributed by atoms with Crippen molar-refractivity contribution in [2.45, 2.75) is 32.0 Å². The number of nitrogens with one attached hydrogen (secondary N) is 2. The minimum atomic E-state index is -0.469. The molecule has 0 saturated carbocycles. The third kappa shape index (κ3) is 4.53. The van der Waals surface area contributed by atoms with Gasteiger partial charge in [0.15, 0.2) is 0 Å². The van der Waals surface area contributed by atoms with Gasteiger partial charge in [-0.25, -0.2) is 4.39 Å². The summed E-state index contributed by atoms with van der Waals surface area (Å²) in [4.78, 5) is 16.5. The molecule has 1 aromatic heterocycles. The molecule has 0 aliphatic carbocycles. The van der Waals surface area contributed by atoms with Crippen molar-refractivity contribution < 1.29 is 18.4 Å². The molecular formula is C16H20ClFN4O3. The molecule has 1 aliphatic heterocycles. The highest BCUT2D eigenvalue weighted by atomic mass is 35.5. The minimum Gasteiger partial charge on any atom is -0.375 e. The fraction of sp³-hybridized carbons (Fsp3) is 0.438. The van der Waals surface area contributed by atoms with Crippen LogP contribution in [0.2, 0.25) is 0 Å². The molecule has 1 aliphatic rings. The van der Waals surface area contributed by atoms with E-state index < -0.39 is 12.1 Å². The Morgan fingerprint density at radius 1 is 1.48 bits per heavy atom. The standard InChI is InChI=1S/C16H19FN4O3.ClH/c1-9(19-15(22)13-10(2)23-7-6-18-13)16-20-14(21-24-16)11-4-3-5-12(17)8-11;/h3-5,8-10,13,18H,6-7H2,1-2H3,(H,19,22);1H/t9?,10-,13+;/m1./s1. The molecule has 25 heavy (non-hydrogen) atoms. The van der Waals surface area contributed by atoms with Crippen molar-refractivity contribution in [1.82, 2.24) is 20.8 Å². The molecule has 1 saturated heterocycles. The Morgan fingerprint density at radius 3 is 3.00 bits per heavy atom. The first-order chi connectivity index (χ1) is 11.5. The van der Waals surface area contributed by atoms with Crippen LogP contribution in [0.5, 0.6) is 0 Å². The molecule has 7 nitrogen and oxygen atoms in total. The first kappa shape index (κ1) is 19.3. The SMILES string of the molecule is CC(NC(=O)[C@H]1NCCO[C@@H]1C)c1nc(-c2cccc(F)c2)no1.Cl. The normalized spacial score (nSPS) is 21.2. The molecule has 3 atom stereocenters. The van der Waals surface area contributed by atoms with E-state index >= 15 is 0 Å². The minimum absolute atomic E-state index is 0. The second-order valence-electron chi connectivity index (χ2n) is 5.70. The van der Waals surface area contributed by atoms with Crippen LogP contribution >= 0.6 is 12.4 Å². The van der Waals surface area contributed by atoms with Gasteiger partial charge in [-0.15, -0.1) is 12.4 Å². The molecule has 0 bridgehead atoms. The lowest BCUT2D eigenvalue weighted by atomic mass is 10.1. The monoisotopic (exact) mass is 370 g/mol. The molecule has 136 valence electrons. The maximum atomic E-state index is 13.3. The number of nitrogens with zero attached hydrogens (tertiary/aromatic N) is 2. The van der Waals surface area contributed by atoms with Gasteiger partial charge in [0.25, 0.3) is 0 Å². The maximum absolute atomic E-state index is 13.3. The molecule has 3 rings (SSSR count). The van der Waals surface area contributed by atoms with E-state index in [1.807, 2.05) is 6.92 Å². The van der Waals surface area contributed by atoms with Gasteiger partial charge in [0, 0.05) is 12.1 Å². The summed E-state index contributed by atoms with van der Waals surface area (Å²) in [7, 11) is 0. The van der Waals surface area contributed by atoms with Gasteiger partial charge in [0.1, 0.15) is 17.9 Å². The highest BCUT2D eigenvalue weighted by molar-refractivity contribution is 5.85. The van der Waals surface area contributed by atoms with Crippen LogP contribution in [0.25, 0.3) is 11.4 Å². The largest absolute Gasteiger partial charge is 0.375 e. The average Bonchev–Trinajstić information content (AvgIpc) is 3.05. The quantitative estimate of drug-likeness (QED) is 0.853. The van der Waals surface area contributed by atoms with Crippen molar-refractivity contribution in [3.05, 3.63) is 36.0 Å². The van der Waals surface area contributed by atoms with Gasteiger partial charge in [0.2, 0.25) is 17.6 Å². The van der Waals surface area contributed by atoms with Gasteiger partial charge >= 0.3 is 0 Å². The zero-order valence-corrected chi connectivity index (χ0v) is 14.7. The number of halogens is 2. The van der Waals surface area contributed by atoms with Crippen LogP contribution < -0.4 is 10.6 Å². The van der Waals surface area contributed by atoms with Crippen LogP contribution in [-0.4, -0.2) is 41.3 Å². The summed E-state index contributed by atoms with van der Waals surface area (Å²) in [5, 5.41) is 9.78. The molecule has 2 heterocycles. The molecule has 1 unspecified atom stereocenters. The van der Waals surface area contributed by atoms with Gasteiger partial charge in [-0.2, -0.15) is 4.98 Å². The summed E-state index contributed by atoms with van der Waals surface area (Å²) in [6.07, 6.45) is -0.212. The Bertz CT molecular complexity index is 727. The van der Waals surface area contributed by atoms with Crippen molar-refractivity contribution in [3.8, 4) is 11.4 Å². The predicted octanol–water partition coefficient (Wildman–Crippen LogP) is 1.85. The Balaban J connectivity index is 0.00000225. The van der Waals surface area contributed by atoms with Crippen molar-refractivity contribution in [3.63, 3.8) is 0 Å². The fourth-order valence-electron chi connectivity index (χ4n) is 2.55. The second-order valence-corrected chi connectivity index (χ2v) is 5.70. The van der Waals surface area contributed by atoms with E-state index in [1.165, 1.54) is 12.1 Å². The maximum Gasteiger partial charge on any atom is 0.249 e. The Morgan fingerprint density at radius 2 is 2.28 bits per heavy atom. The number of rotatable bonds is 4. The number of ether oxygens (including phenoxy) is 1. The van der Waals surface area contributed by atoms with Crippen LogP contribution in [0, 0.1) is 5.82 Å². The van der Waals surface area contributed by atoms with E-state index in [2.05, 4.69) is 20.8 Å². The summed E-state index contributed by atoms with van der Waals surface area (Å²) in [5.74, 6) is -0.0390. The summed E-state index contributed by atoms with van der Waals surface area (Å²) in [6.45, 7) is 4.80. The van der Waals surface area contributed by atoms with Crippen molar-refractivity contribution >= 4 is 18.3 Å². The van der Waals surface area contributed by atoms with Gasteiger partial charge in [-0.3, -0.25) is 4.79 Å². The van der Waals surface area contributed by atoms with Gasteiger partial charge in [-0.1, -0.05) is 17.3 Å². The Labute approximate surface area is 150 Å². The van der Waals surface area contributed by atoms with E-state index in [9.17, 15) is 9.18 Å². The van der Waals surface area contributed by atoms with Crippen LogP contribution in [-0.2, 0) is 9.53 Å². The van der Waals surface area contributed by atoms with Crippen LogP contribution in [0.15, 0.2) is 28.8 Å². The highest BCUT2D eigenvalue weighted by Gasteiger charge is 2.30. The first-order valence-electron chi connectivity index (χ1n) is 7.79. The number of carbonyl (C=O) groups excluding carboxylic acids is 1. The third-order valence-electron chi connectivity index (χ3n) is 3.85. The molecular weight excluding hydrogens is 351 g/mol. The lowest BCUT2D eigenvalue weighted by Crippen LogP contribution is -2.55. The van der Waals surface area contributed by atoms with E-state index in [4.69, 9.17) is 9.26 Å². The first-order valence-corrected chi connectivity index (χ1v) is 7.79. The van der Waals surface area contributed by atoms with Crippen molar-refractivity contribution in [2.75, 3.05) is 13.2 Å². The van der Waals surface area contributed by atoms with E-state index in [1.54, 1.807) is 19.1 Å². The molecule has 0 radical (unpaired) electrons. The fourth-order valence-corrected chi connectivity index (χ4v) is 2.55. The van der Waals surface area contributed by atoms with Crippen LogP contribution in [0.1, 0.15) is 25.8 Å². The smallest absolute Gasteiger partial charge is 0.249 e. The summed E-state index contributed by atoms with van der Waals surface area (Å²) < 4.78 is 23.9. The number of aromatic nitrogens is 2. The average molecular weight is 371 g/mol. The van der Waals surface area contributed by atoms with Crippen molar-refractivity contribution in [2.24, 2.45) is 0 Å². The highest BCUT2D eigenvalue weighted by Crippen LogP contribution is 2.19. The van der Waals surface area contributed by atoms with Crippen molar-refractivity contribution in [1.29, 1.82) is 0 Å². The third-order valence-corrected chi connectivity index (χ3v) is 3.85.